The van der Waals surface area contributed by atoms with Crippen LogP contribution in [0, 0.1) is 13.5 Å². The predicted molar refractivity (Wildman–Crippen MR) is 87.2 cm³/mol. The lowest BCUT2D eigenvalue weighted by atomic mass is 9.96. The molecule has 0 aliphatic rings. The van der Waals surface area contributed by atoms with Crippen LogP contribution < -0.4 is 0 Å². The third kappa shape index (κ3) is 2.76. The first-order chi connectivity index (χ1) is 9.62. The number of hydrogen-bond acceptors (Lipinski definition) is 3. The van der Waals surface area contributed by atoms with E-state index in [1.807, 2.05) is 6.92 Å². The average molecular weight is 303 g/mol. The summed E-state index contributed by atoms with van der Waals surface area (Å²) in [5, 5.41) is 9.53. The zero-order chi connectivity index (χ0) is 14.7. The van der Waals surface area contributed by atoms with Crippen LogP contribution in [0.3, 0.4) is 0 Å². The van der Waals surface area contributed by atoms with Gasteiger partial charge in [0.25, 0.3) is 0 Å². The Morgan fingerprint density at radius 3 is 2.50 bits per heavy atom. The summed E-state index contributed by atoms with van der Waals surface area (Å²) >= 11 is 3.31. The van der Waals surface area contributed by atoms with Crippen LogP contribution in [0.2, 0.25) is 0 Å². The molecule has 0 saturated carbocycles. The van der Waals surface area contributed by atoms with Gasteiger partial charge in [-0.2, -0.15) is 0 Å². The third-order valence-corrected chi connectivity index (χ3v) is 5.18. The molecule has 1 atom stereocenters. The van der Waals surface area contributed by atoms with Crippen LogP contribution >= 0.6 is 23.1 Å². The normalized spacial score (nSPS) is 12.2. The summed E-state index contributed by atoms with van der Waals surface area (Å²) in [7, 11) is 0. The molecule has 2 aromatic rings. The molecule has 1 heterocycles. The van der Waals surface area contributed by atoms with E-state index in [1.165, 1.54) is 4.90 Å². The van der Waals surface area contributed by atoms with Crippen LogP contribution in [0.1, 0.15) is 28.3 Å². The molecule has 104 valence electrons. The zero-order valence-electron chi connectivity index (χ0n) is 11.8. The highest BCUT2D eigenvalue weighted by molar-refractivity contribution is 7.98. The summed E-state index contributed by atoms with van der Waals surface area (Å²) in [6, 6.07) is 8.17. The van der Waals surface area contributed by atoms with Crippen molar-refractivity contribution in [2.75, 3.05) is 6.26 Å². The van der Waals surface area contributed by atoms with Crippen molar-refractivity contribution in [2.24, 2.45) is 0 Å². The highest BCUT2D eigenvalue weighted by Gasteiger charge is 2.24. The standard InChI is InChI=1S/C16H17NOS2/c1-10(17-3)15-14(9-18)20-11(2)16(15)12-5-7-13(19-4)8-6-12/h5-8,10,18H,9H2,1-2,4H3. The maximum absolute atomic E-state index is 9.53. The molecule has 2 nitrogen and oxygen atoms in total. The van der Waals surface area contributed by atoms with Gasteiger partial charge in [0.1, 0.15) is 0 Å². The Morgan fingerprint density at radius 1 is 1.35 bits per heavy atom. The van der Waals surface area contributed by atoms with Crippen molar-refractivity contribution in [3.8, 4) is 11.1 Å². The first kappa shape index (κ1) is 15.1. The summed E-state index contributed by atoms with van der Waals surface area (Å²) in [4.78, 5) is 6.94. The van der Waals surface area contributed by atoms with Gasteiger partial charge in [-0.05, 0) is 30.9 Å². The molecule has 0 saturated heterocycles. The number of aliphatic hydroxyl groups is 1. The van der Waals surface area contributed by atoms with Gasteiger partial charge in [-0.25, -0.2) is 6.57 Å². The molecular formula is C16H17NOS2. The van der Waals surface area contributed by atoms with E-state index < -0.39 is 0 Å². The number of hydrogen-bond donors (Lipinski definition) is 1. The van der Waals surface area contributed by atoms with Gasteiger partial charge in [-0.15, -0.1) is 23.1 Å². The molecule has 0 fully saturated rings. The van der Waals surface area contributed by atoms with Gasteiger partial charge >= 0.3 is 0 Å². The number of thiophene rings is 1. The molecule has 0 bridgehead atoms. The maximum Gasteiger partial charge on any atom is 0.247 e. The molecule has 20 heavy (non-hydrogen) atoms. The summed E-state index contributed by atoms with van der Waals surface area (Å²) in [5.41, 5.74) is 3.24. The van der Waals surface area contributed by atoms with E-state index in [9.17, 15) is 5.11 Å². The Morgan fingerprint density at radius 2 is 2.00 bits per heavy atom. The van der Waals surface area contributed by atoms with E-state index in [1.54, 1.807) is 23.1 Å². The second-order valence-electron chi connectivity index (χ2n) is 4.56. The molecule has 2 rings (SSSR count). The Balaban J connectivity index is 2.60. The van der Waals surface area contributed by atoms with Crippen molar-refractivity contribution >= 4 is 23.1 Å². The van der Waals surface area contributed by atoms with Gasteiger partial charge in [-0.1, -0.05) is 12.1 Å². The summed E-state index contributed by atoms with van der Waals surface area (Å²) in [6.45, 7) is 11.3. The number of thioether (sulfide) groups is 1. The van der Waals surface area contributed by atoms with Crippen LogP contribution in [0.15, 0.2) is 29.2 Å². The van der Waals surface area contributed by atoms with Gasteiger partial charge < -0.3 is 9.95 Å². The Kier molecular flexibility index (Phi) is 4.87. The first-order valence-corrected chi connectivity index (χ1v) is 8.40. The molecular weight excluding hydrogens is 286 g/mol. The van der Waals surface area contributed by atoms with Crippen molar-refractivity contribution in [2.45, 2.75) is 31.4 Å². The van der Waals surface area contributed by atoms with E-state index in [0.29, 0.717) is 0 Å². The predicted octanol–water partition coefficient (Wildman–Crippen LogP) is 4.92. The molecule has 1 N–H and O–H groups in total. The molecule has 0 radical (unpaired) electrons. The lowest BCUT2D eigenvalue weighted by molar-refractivity contribution is 0.284. The molecule has 0 aliphatic carbocycles. The van der Waals surface area contributed by atoms with Crippen molar-refractivity contribution < 1.29 is 5.11 Å². The van der Waals surface area contributed by atoms with Crippen molar-refractivity contribution in [1.82, 2.24) is 0 Å². The van der Waals surface area contributed by atoms with Crippen LogP contribution in [0.5, 0.6) is 0 Å². The second-order valence-corrected chi connectivity index (χ2v) is 6.75. The van der Waals surface area contributed by atoms with Crippen LogP contribution in [-0.2, 0) is 6.61 Å². The van der Waals surface area contributed by atoms with Crippen molar-refractivity contribution in [1.29, 1.82) is 0 Å². The minimum atomic E-state index is -0.225. The van der Waals surface area contributed by atoms with Crippen LogP contribution in [0.4, 0.5) is 0 Å². The highest BCUT2D eigenvalue weighted by Crippen LogP contribution is 2.41. The number of aryl methyl sites for hydroxylation is 1. The van der Waals surface area contributed by atoms with E-state index in [2.05, 4.69) is 42.3 Å². The fourth-order valence-electron chi connectivity index (χ4n) is 2.36. The Bertz CT molecular complexity index is 638. The Hall–Kier alpha value is -1.28. The van der Waals surface area contributed by atoms with Gasteiger partial charge in [0.05, 0.1) is 12.2 Å². The summed E-state index contributed by atoms with van der Waals surface area (Å²) in [6.07, 6.45) is 2.06. The van der Waals surface area contributed by atoms with Crippen LogP contribution in [0.25, 0.3) is 16.0 Å². The van der Waals surface area contributed by atoms with E-state index in [0.717, 1.165) is 26.4 Å². The van der Waals surface area contributed by atoms with Gasteiger partial charge in [-0.3, -0.25) is 0 Å². The molecule has 1 aromatic carbocycles. The third-order valence-electron chi connectivity index (χ3n) is 3.33. The number of benzene rings is 1. The molecule has 1 unspecified atom stereocenters. The van der Waals surface area contributed by atoms with Crippen molar-refractivity contribution in [3.63, 3.8) is 0 Å². The quantitative estimate of drug-likeness (QED) is 0.640. The summed E-state index contributed by atoms with van der Waals surface area (Å²) in [5.74, 6) is 0. The van der Waals surface area contributed by atoms with E-state index >= 15 is 0 Å². The molecule has 0 amide bonds. The SMILES string of the molecule is [C-]#[N+]C(C)c1c(CO)sc(C)c1-c1ccc(SC)cc1. The molecule has 1 aromatic heterocycles. The Labute approximate surface area is 128 Å². The molecule has 0 aliphatic heterocycles. The lowest BCUT2D eigenvalue weighted by Gasteiger charge is -2.08. The minimum Gasteiger partial charge on any atom is -0.391 e. The van der Waals surface area contributed by atoms with Gasteiger partial charge in [0.15, 0.2) is 0 Å². The summed E-state index contributed by atoms with van der Waals surface area (Å²) < 4.78 is 0. The largest absolute Gasteiger partial charge is 0.391 e. The number of nitrogens with zero attached hydrogens (tertiary/aromatic N) is 1. The number of aliphatic hydroxyl groups excluding tert-OH is 1. The molecule has 4 heteroatoms. The lowest BCUT2D eigenvalue weighted by Crippen LogP contribution is -1.94. The van der Waals surface area contributed by atoms with Gasteiger partial charge in [0.2, 0.25) is 6.04 Å². The molecule has 0 spiro atoms. The van der Waals surface area contributed by atoms with E-state index in [-0.39, 0.29) is 12.6 Å². The minimum absolute atomic E-state index is 0.00357. The topological polar surface area (TPSA) is 24.6 Å². The smallest absolute Gasteiger partial charge is 0.247 e. The van der Waals surface area contributed by atoms with E-state index in [4.69, 9.17) is 6.57 Å². The highest BCUT2D eigenvalue weighted by atomic mass is 32.2. The van der Waals surface area contributed by atoms with Crippen molar-refractivity contribution in [3.05, 3.63) is 51.0 Å². The average Bonchev–Trinajstić information content (AvgIpc) is 2.83. The fraction of sp³-hybridized carbons (Fsp3) is 0.312. The fourth-order valence-corrected chi connectivity index (χ4v) is 3.92. The monoisotopic (exact) mass is 303 g/mol. The zero-order valence-corrected chi connectivity index (χ0v) is 13.4. The van der Waals surface area contributed by atoms with Crippen LogP contribution in [-0.4, -0.2) is 11.4 Å². The van der Waals surface area contributed by atoms with Gasteiger partial charge in [0, 0.05) is 27.1 Å². The first-order valence-electron chi connectivity index (χ1n) is 6.36. The number of rotatable bonds is 4. The second kappa shape index (κ2) is 6.45. The maximum atomic E-state index is 9.53.